The van der Waals surface area contributed by atoms with Crippen LogP contribution < -0.4 is 0 Å². The molecule has 1 atom stereocenters. The summed E-state index contributed by atoms with van der Waals surface area (Å²) in [5, 5.41) is 0. The highest BCUT2D eigenvalue weighted by molar-refractivity contribution is 5.71. The van der Waals surface area contributed by atoms with Crippen LogP contribution in [0.1, 0.15) is 432 Å². The largest absolute Gasteiger partial charge is 0.462 e. The smallest absolute Gasteiger partial charge is 0.306 e. The van der Waals surface area contributed by atoms with E-state index in [1.807, 2.05) is 0 Å². The van der Waals surface area contributed by atoms with E-state index >= 15 is 0 Å². The molecule has 0 radical (unpaired) electrons. The highest BCUT2D eigenvalue weighted by Crippen LogP contribution is 2.20. The maximum absolute atomic E-state index is 12.9. The Labute approximate surface area is 507 Å². The summed E-state index contributed by atoms with van der Waals surface area (Å²) in [6, 6.07) is 0. The van der Waals surface area contributed by atoms with Gasteiger partial charge in [0.15, 0.2) is 6.10 Å². The van der Waals surface area contributed by atoms with Crippen LogP contribution in [-0.4, -0.2) is 37.2 Å². The zero-order valence-corrected chi connectivity index (χ0v) is 55.4. The molecule has 0 bridgehead atoms. The van der Waals surface area contributed by atoms with Crippen molar-refractivity contribution in [2.45, 2.75) is 438 Å². The van der Waals surface area contributed by atoms with E-state index in [0.717, 1.165) is 57.8 Å². The maximum atomic E-state index is 12.9. The van der Waals surface area contributed by atoms with Gasteiger partial charge >= 0.3 is 17.9 Å². The number of ether oxygens (including phenoxy) is 3. The summed E-state index contributed by atoms with van der Waals surface area (Å²) in [7, 11) is 0. The predicted molar refractivity (Wildman–Crippen MR) is 353 cm³/mol. The van der Waals surface area contributed by atoms with Gasteiger partial charge in [-0.05, 0) is 44.9 Å². The molecule has 6 nitrogen and oxygen atoms in total. The molecule has 0 aliphatic rings. The van der Waals surface area contributed by atoms with Crippen LogP contribution in [0.15, 0.2) is 12.2 Å². The van der Waals surface area contributed by atoms with Crippen molar-refractivity contribution in [2.24, 2.45) is 0 Å². The second kappa shape index (κ2) is 70.6. The number of rotatable bonds is 70. The molecule has 0 saturated heterocycles. The van der Waals surface area contributed by atoms with Crippen molar-refractivity contribution in [2.75, 3.05) is 13.2 Å². The molecule has 1 unspecified atom stereocenters. The van der Waals surface area contributed by atoms with Crippen LogP contribution in [0.2, 0.25) is 0 Å². The average Bonchev–Trinajstić information content (AvgIpc) is 3.47. The Bertz CT molecular complexity index is 1260. The molecule has 480 valence electrons. The Kier molecular flexibility index (Phi) is 69.0. The highest BCUT2D eigenvalue weighted by atomic mass is 16.6. The monoisotopic (exact) mass is 1140 g/mol. The maximum Gasteiger partial charge on any atom is 0.306 e. The van der Waals surface area contributed by atoms with E-state index in [0.29, 0.717) is 19.3 Å². The first-order valence-corrected chi connectivity index (χ1v) is 37.2. The van der Waals surface area contributed by atoms with Gasteiger partial charge < -0.3 is 14.2 Å². The fourth-order valence-corrected chi connectivity index (χ4v) is 11.7. The molecular weight excluding hydrogens is 997 g/mol. The van der Waals surface area contributed by atoms with Crippen molar-refractivity contribution >= 4 is 17.9 Å². The van der Waals surface area contributed by atoms with Crippen LogP contribution in [0.3, 0.4) is 0 Å². The second-order valence-corrected chi connectivity index (χ2v) is 25.6. The molecule has 0 N–H and O–H groups in total. The van der Waals surface area contributed by atoms with E-state index in [-0.39, 0.29) is 31.1 Å². The molecule has 0 aromatic heterocycles. The first kappa shape index (κ1) is 79.2. The molecule has 0 aliphatic heterocycles. The van der Waals surface area contributed by atoms with Gasteiger partial charge in [-0.3, -0.25) is 14.4 Å². The van der Waals surface area contributed by atoms with Gasteiger partial charge in [0.2, 0.25) is 0 Å². The number of hydrogen-bond acceptors (Lipinski definition) is 6. The summed E-state index contributed by atoms with van der Waals surface area (Å²) in [6.45, 7) is 6.70. The van der Waals surface area contributed by atoms with E-state index in [2.05, 4.69) is 32.9 Å². The molecule has 0 aromatic carbocycles. The molecule has 0 amide bonds. The number of carbonyl (C=O) groups excluding carboxylic acids is 3. The van der Waals surface area contributed by atoms with Crippen molar-refractivity contribution in [3.8, 4) is 0 Å². The van der Waals surface area contributed by atoms with Gasteiger partial charge in [-0.15, -0.1) is 0 Å². The molecular formula is C75H144O6. The summed E-state index contributed by atoms with van der Waals surface area (Å²) < 4.78 is 17.0. The fraction of sp³-hybridized carbons (Fsp3) is 0.933. The normalized spacial score (nSPS) is 12.0. The summed E-state index contributed by atoms with van der Waals surface area (Å²) in [5.41, 5.74) is 0. The Morgan fingerprint density at radius 1 is 0.235 bits per heavy atom. The van der Waals surface area contributed by atoms with Crippen molar-refractivity contribution < 1.29 is 28.6 Å². The van der Waals surface area contributed by atoms with Crippen LogP contribution in [-0.2, 0) is 28.6 Å². The van der Waals surface area contributed by atoms with E-state index in [1.165, 1.54) is 334 Å². The number of hydrogen-bond donors (Lipinski definition) is 0. The summed E-state index contributed by atoms with van der Waals surface area (Å²) in [4.78, 5) is 38.3. The zero-order chi connectivity index (χ0) is 58.5. The first-order valence-electron chi connectivity index (χ1n) is 37.2. The Morgan fingerprint density at radius 3 is 0.617 bits per heavy atom. The summed E-state index contributed by atoms with van der Waals surface area (Å²) >= 11 is 0. The number of unbranched alkanes of at least 4 members (excludes halogenated alkanes) is 57. The summed E-state index contributed by atoms with van der Waals surface area (Å²) in [5.74, 6) is -0.840. The molecule has 0 rings (SSSR count). The fourth-order valence-electron chi connectivity index (χ4n) is 11.7. The van der Waals surface area contributed by atoms with Gasteiger partial charge in [0.05, 0.1) is 0 Å². The van der Waals surface area contributed by atoms with Crippen molar-refractivity contribution in [3.63, 3.8) is 0 Å². The minimum Gasteiger partial charge on any atom is -0.462 e. The van der Waals surface area contributed by atoms with E-state index in [9.17, 15) is 14.4 Å². The SMILES string of the molecule is CCCCCCCCC/C=C\CCCCCCCCCC(=O)OC(COC(=O)CCCCCCCCCCCC)COC(=O)CCCCCCCCCCCCCCCCCCCCCCCCCCCCCCCCCCCCC. The Balaban J connectivity index is 3.98. The van der Waals surface area contributed by atoms with E-state index in [4.69, 9.17) is 14.2 Å². The quantitative estimate of drug-likeness (QED) is 0.0261. The average molecular weight is 1140 g/mol. The van der Waals surface area contributed by atoms with Crippen LogP contribution in [0.5, 0.6) is 0 Å². The topological polar surface area (TPSA) is 78.9 Å². The highest BCUT2D eigenvalue weighted by Gasteiger charge is 2.20. The molecule has 0 saturated carbocycles. The lowest BCUT2D eigenvalue weighted by molar-refractivity contribution is -0.167. The minimum atomic E-state index is -0.768. The molecule has 0 heterocycles. The van der Waals surface area contributed by atoms with Gasteiger partial charge in [-0.2, -0.15) is 0 Å². The minimum absolute atomic E-state index is 0.0654. The second-order valence-electron chi connectivity index (χ2n) is 25.6. The van der Waals surface area contributed by atoms with E-state index in [1.54, 1.807) is 0 Å². The van der Waals surface area contributed by atoms with Crippen molar-refractivity contribution in [3.05, 3.63) is 12.2 Å². The third-order valence-electron chi connectivity index (χ3n) is 17.3. The van der Waals surface area contributed by atoms with Gasteiger partial charge in [0.1, 0.15) is 13.2 Å². The Hall–Kier alpha value is -1.85. The van der Waals surface area contributed by atoms with Gasteiger partial charge in [0, 0.05) is 19.3 Å². The van der Waals surface area contributed by atoms with Crippen molar-refractivity contribution in [1.29, 1.82) is 0 Å². The lowest BCUT2D eigenvalue weighted by atomic mass is 10.0. The Morgan fingerprint density at radius 2 is 0.407 bits per heavy atom. The van der Waals surface area contributed by atoms with Crippen LogP contribution in [0, 0.1) is 0 Å². The van der Waals surface area contributed by atoms with Gasteiger partial charge in [-0.25, -0.2) is 0 Å². The molecule has 0 spiro atoms. The number of carbonyl (C=O) groups is 3. The zero-order valence-electron chi connectivity index (χ0n) is 55.4. The lowest BCUT2D eigenvalue weighted by Gasteiger charge is -2.18. The van der Waals surface area contributed by atoms with Gasteiger partial charge in [-0.1, -0.05) is 380 Å². The molecule has 81 heavy (non-hydrogen) atoms. The van der Waals surface area contributed by atoms with Crippen LogP contribution in [0.4, 0.5) is 0 Å². The standard InChI is InChI=1S/C75H144O6/c1-4-7-10-13-16-19-22-24-26-28-30-31-32-33-34-35-36-37-38-39-40-41-42-43-44-45-46-48-49-51-53-56-59-62-65-68-74(77)80-71-72(70-79-73(76)67-64-61-58-55-21-18-15-12-9-6-3)81-75(78)69-66-63-60-57-54-52-50-47-29-27-25-23-20-17-14-11-8-5-2/h27,29,72H,4-26,28,30-71H2,1-3H3/b29-27-. The predicted octanol–water partition coefficient (Wildman–Crippen LogP) is 25.6. The van der Waals surface area contributed by atoms with Gasteiger partial charge in [0.25, 0.3) is 0 Å². The molecule has 6 heteroatoms. The third kappa shape index (κ3) is 68.8. The molecule has 0 aliphatic carbocycles. The molecule has 0 aromatic rings. The number of esters is 3. The third-order valence-corrected chi connectivity index (χ3v) is 17.3. The van der Waals surface area contributed by atoms with E-state index < -0.39 is 6.10 Å². The van der Waals surface area contributed by atoms with Crippen molar-refractivity contribution in [1.82, 2.24) is 0 Å². The first-order chi connectivity index (χ1) is 40.0. The lowest BCUT2D eigenvalue weighted by Crippen LogP contribution is -2.30. The summed E-state index contributed by atoms with van der Waals surface area (Å²) in [6.07, 6.45) is 85.7. The van der Waals surface area contributed by atoms with Crippen LogP contribution >= 0.6 is 0 Å². The number of allylic oxidation sites excluding steroid dienone is 2. The van der Waals surface area contributed by atoms with Crippen LogP contribution in [0.25, 0.3) is 0 Å². The molecule has 0 fully saturated rings.